The normalized spacial score (nSPS) is 14.8. The van der Waals surface area contributed by atoms with Crippen molar-refractivity contribution >= 4 is 9.84 Å². The highest BCUT2D eigenvalue weighted by Crippen LogP contribution is 2.26. The molecule has 0 saturated carbocycles. The third-order valence-corrected chi connectivity index (χ3v) is 4.90. The van der Waals surface area contributed by atoms with Gasteiger partial charge < -0.3 is 14.7 Å². The van der Waals surface area contributed by atoms with E-state index in [1.54, 1.807) is 49.2 Å². The SMILES string of the molecule is CCOC(O)/C(=C(C)/C=C/N(C)C)S(=O)(=O)c1ccccc1. The molecule has 5 nitrogen and oxygen atoms in total. The largest absolute Gasteiger partial charge is 0.383 e. The predicted octanol–water partition coefficient (Wildman–Crippen LogP) is 2.16. The lowest BCUT2D eigenvalue weighted by atomic mass is 10.2. The van der Waals surface area contributed by atoms with Crippen molar-refractivity contribution in [3.8, 4) is 0 Å². The molecule has 0 saturated heterocycles. The second kappa shape index (κ2) is 8.12. The maximum atomic E-state index is 12.8. The van der Waals surface area contributed by atoms with Gasteiger partial charge in [0, 0.05) is 20.7 Å². The molecule has 0 heterocycles. The summed E-state index contributed by atoms with van der Waals surface area (Å²) in [7, 11) is -0.180. The van der Waals surface area contributed by atoms with E-state index in [1.165, 1.54) is 12.1 Å². The van der Waals surface area contributed by atoms with Gasteiger partial charge >= 0.3 is 0 Å². The summed E-state index contributed by atoms with van der Waals surface area (Å²) in [6.45, 7) is 3.54. The van der Waals surface area contributed by atoms with E-state index in [2.05, 4.69) is 0 Å². The molecule has 1 N–H and O–H groups in total. The first-order chi connectivity index (χ1) is 10.3. The molecule has 1 rings (SSSR count). The van der Waals surface area contributed by atoms with Crippen molar-refractivity contribution in [2.45, 2.75) is 25.0 Å². The molecule has 0 fully saturated rings. The van der Waals surface area contributed by atoms with Gasteiger partial charge in [0.1, 0.15) is 4.91 Å². The fourth-order valence-electron chi connectivity index (χ4n) is 1.84. The third kappa shape index (κ3) is 4.69. The van der Waals surface area contributed by atoms with Crippen LogP contribution in [0.1, 0.15) is 13.8 Å². The van der Waals surface area contributed by atoms with Crippen molar-refractivity contribution in [3.63, 3.8) is 0 Å². The Morgan fingerprint density at radius 3 is 2.41 bits per heavy atom. The van der Waals surface area contributed by atoms with Crippen LogP contribution >= 0.6 is 0 Å². The molecule has 0 aliphatic heterocycles. The molecule has 22 heavy (non-hydrogen) atoms. The smallest absolute Gasteiger partial charge is 0.208 e. The molecule has 0 amide bonds. The number of aliphatic hydroxyl groups is 1. The molecule has 1 unspecified atom stereocenters. The van der Waals surface area contributed by atoms with Gasteiger partial charge in [-0.25, -0.2) is 8.42 Å². The zero-order chi connectivity index (χ0) is 16.8. The van der Waals surface area contributed by atoms with E-state index in [0.717, 1.165) is 0 Å². The quantitative estimate of drug-likeness (QED) is 0.615. The summed E-state index contributed by atoms with van der Waals surface area (Å²) >= 11 is 0. The van der Waals surface area contributed by atoms with Gasteiger partial charge in [-0.3, -0.25) is 0 Å². The highest BCUT2D eigenvalue weighted by molar-refractivity contribution is 7.95. The zero-order valence-corrected chi connectivity index (χ0v) is 14.2. The topological polar surface area (TPSA) is 66.8 Å². The molecule has 0 aromatic heterocycles. The Labute approximate surface area is 132 Å². The van der Waals surface area contributed by atoms with Crippen LogP contribution in [0.5, 0.6) is 0 Å². The Hall–Kier alpha value is -1.63. The molecule has 6 heteroatoms. The highest BCUT2D eigenvalue weighted by atomic mass is 32.2. The van der Waals surface area contributed by atoms with Crippen LogP contribution < -0.4 is 0 Å². The van der Waals surface area contributed by atoms with Crippen LogP contribution in [0.2, 0.25) is 0 Å². The minimum Gasteiger partial charge on any atom is -0.383 e. The molecule has 0 spiro atoms. The van der Waals surface area contributed by atoms with Crippen LogP contribution in [0.15, 0.2) is 58.0 Å². The average molecular weight is 325 g/mol. The van der Waals surface area contributed by atoms with Crippen LogP contribution in [0.3, 0.4) is 0 Å². The number of aliphatic hydroxyl groups excluding tert-OH is 1. The molecular formula is C16H23NO4S. The number of ether oxygens (including phenoxy) is 1. The first-order valence-corrected chi connectivity index (χ1v) is 8.44. The molecule has 0 aliphatic carbocycles. The minimum absolute atomic E-state index is 0.126. The number of rotatable bonds is 7. The van der Waals surface area contributed by atoms with Crippen molar-refractivity contribution in [1.29, 1.82) is 0 Å². The number of benzene rings is 1. The minimum atomic E-state index is -3.83. The van der Waals surface area contributed by atoms with Gasteiger partial charge in [0.2, 0.25) is 9.84 Å². The van der Waals surface area contributed by atoms with Crippen LogP contribution in [0.4, 0.5) is 0 Å². The summed E-state index contributed by atoms with van der Waals surface area (Å²) < 4.78 is 30.7. The molecule has 1 aromatic rings. The molecule has 0 aliphatic rings. The summed E-state index contributed by atoms with van der Waals surface area (Å²) in [4.78, 5) is 1.77. The van der Waals surface area contributed by atoms with E-state index in [4.69, 9.17) is 4.74 Å². The molecule has 1 aromatic carbocycles. The van der Waals surface area contributed by atoms with Gasteiger partial charge in [0.15, 0.2) is 6.29 Å². The van der Waals surface area contributed by atoms with Crippen molar-refractivity contribution in [2.75, 3.05) is 20.7 Å². The second-order valence-electron chi connectivity index (χ2n) is 4.95. The van der Waals surface area contributed by atoms with Crippen LogP contribution in [-0.4, -0.2) is 45.4 Å². The van der Waals surface area contributed by atoms with E-state index in [0.29, 0.717) is 5.57 Å². The molecule has 1 atom stereocenters. The second-order valence-corrected chi connectivity index (χ2v) is 6.87. The lowest BCUT2D eigenvalue weighted by Gasteiger charge is -2.18. The van der Waals surface area contributed by atoms with E-state index in [-0.39, 0.29) is 16.4 Å². The maximum Gasteiger partial charge on any atom is 0.208 e. The van der Waals surface area contributed by atoms with Gasteiger partial charge in [0.25, 0.3) is 0 Å². The summed E-state index contributed by atoms with van der Waals surface area (Å²) in [6, 6.07) is 8.01. The van der Waals surface area contributed by atoms with Crippen molar-refractivity contribution in [3.05, 3.63) is 53.1 Å². The van der Waals surface area contributed by atoms with Crippen LogP contribution in [-0.2, 0) is 14.6 Å². The molecule has 122 valence electrons. The first kappa shape index (κ1) is 18.4. The fraction of sp³-hybridized carbons (Fsp3) is 0.375. The van der Waals surface area contributed by atoms with Crippen LogP contribution in [0, 0.1) is 0 Å². The van der Waals surface area contributed by atoms with E-state index in [1.807, 2.05) is 14.1 Å². The van der Waals surface area contributed by atoms with Gasteiger partial charge in [-0.05, 0) is 43.8 Å². The van der Waals surface area contributed by atoms with Gasteiger partial charge in [-0.1, -0.05) is 18.2 Å². The zero-order valence-electron chi connectivity index (χ0n) is 13.4. The average Bonchev–Trinajstić information content (AvgIpc) is 2.46. The Morgan fingerprint density at radius 1 is 1.32 bits per heavy atom. The summed E-state index contributed by atoms with van der Waals surface area (Å²) in [5.41, 5.74) is 0.429. The Bertz CT molecular complexity index is 633. The van der Waals surface area contributed by atoms with E-state index >= 15 is 0 Å². The summed E-state index contributed by atoms with van der Waals surface area (Å²) in [5, 5.41) is 10.1. The third-order valence-electron chi connectivity index (χ3n) is 2.90. The Morgan fingerprint density at radius 2 is 1.91 bits per heavy atom. The molecule has 0 bridgehead atoms. The highest BCUT2D eigenvalue weighted by Gasteiger charge is 2.29. The monoisotopic (exact) mass is 325 g/mol. The van der Waals surface area contributed by atoms with Crippen molar-refractivity contribution < 1.29 is 18.3 Å². The lowest BCUT2D eigenvalue weighted by molar-refractivity contribution is -0.0624. The maximum absolute atomic E-state index is 12.8. The van der Waals surface area contributed by atoms with Crippen molar-refractivity contribution in [1.82, 2.24) is 4.90 Å². The molecular weight excluding hydrogens is 302 g/mol. The predicted molar refractivity (Wildman–Crippen MR) is 86.8 cm³/mol. The standard InChI is InChI=1S/C16H23NO4S/c1-5-21-16(18)15(13(2)11-12-17(3)4)22(19,20)14-9-7-6-8-10-14/h6-12,16,18H,5H2,1-4H3/b12-11+,15-13-. The lowest BCUT2D eigenvalue weighted by Crippen LogP contribution is -2.23. The van der Waals surface area contributed by atoms with Gasteiger partial charge in [-0.2, -0.15) is 0 Å². The van der Waals surface area contributed by atoms with Gasteiger partial charge in [0.05, 0.1) is 4.90 Å². The summed E-state index contributed by atoms with van der Waals surface area (Å²) in [6.07, 6.45) is 1.86. The Balaban J connectivity index is 3.41. The van der Waals surface area contributed by atoms with E-state index < -0.39 is 16.1 Å². The van der Waals surface area contributed by atoms with Gasteiger partial charge in [-0.15, -0.1) is 0 Å². The number of nitrogens with zero attached hydrogens (tertiary/aromatic N) is 1. The first-order valence-electron chi connectivity index (χ1n) is 6.96. The van der Waals surface area contributed by atoms with Crippen LogP contribution in [0.25, 0.3) is 0 Å². The van der Waals surface area contributed by atoms with Crippen molar-refractivity contribution in [2.24, 2.45) is 0 Å². The Kier molecular flexibility index (Phi) is 6.80. The number of hydrogen-bond donors (Lipinski definition) is 1. The van der Waals surface area contributed by atoms with E-state index in [9.17, 15) is 13.5 Å². The summed E-state index contributed by atoms with van der Waals surface area (Å²) in [5.74, 6) is 0. The fourth-order valence-corrected chi connectivity index (χ4v) is 3.44. The number of allylic oxidation sites excluding steroid dienone is 2. The number of sulfone groups is 1. The molecule has 0 radical (unpaired) electrons. The number of hydrogen-bond acceptors (Lipinski definition) is 5.